The maximum Gasteiger partial charge on any atom is 0.338 e. The van der Waals surface area contributed by atoms with Crippen LogP contribution in [0.2, 0.25) is 0 Å². The fourth-order valence-corrected chi connectivity index (χ4v) is 0.808. The van der Waals surface area contributed by atoms with Gasteiger partial charge in [-0.2, -0.15) is 0 Å². The first-order valence-corrected chi connectivity index (χ1v) is 3.63. The second-order valence-corrected chi connectivity index (χ2v) is 2.41. The van der Waals surface area contributed by atoms with Crippen LogP contribution in [0.4, 0.5) is 0 Å². The quantitative estimate of drug-likeness (QED) is 0.451. The second-order valence-electron chi connectivity index (χ2n) is 2.41. The molecule has 0 aliphatic heterocycles. The summed E-state index contributed by atoms with van der Waals surface area (Å²) in [6.45, 7) is 2.21. The Morgan fingerprint density at radius 1 is 1.64 bits per heavy atom. The summed E-state index contributed by atoms with van der Waals surface area (Å²) in [5, 5.41) is 2.84. The molecule has 0 amide bonds. The van der Waals surface area contributed by atoms with Gasteiger partial charge in [0.2, 0.25) is 0 Å². The van der Waals surface area contributed by atoms with Crippen molar-refractivity contribution in [3.63, 3.8) is 0 Å². The molecule has 0 radical (unpaired) electrons. The van der Waals surface area contributed by atoms with E-state index in [4.69, 9.17) is 4.74 Å². The summed E-state index contributed by atoms with van der Waals surface area (Å²) in [5.74, 6) is -0.236. The van der Waals surface area contributed by atoms with E-state index in [1.54, 1.807) is 18.9 Å². The van der Waals surface area contributed by atoms with Crippen molar-refractivity contribution in [1.29, 1.82) is 0 Å². The summed E-state index contributed by atoms with van der Waals surface area (Å²) < 4.78 is 4.81. The molecule has 0 aromatic heterocycles. The average Bonchev–Trinajstić information content (AvgIpc) is 1.88. The normalized spacial score (nSPS) is 13.2. The van der Waals surface area contributed by atoms with Crippen molar-refractivity contribution in [2.45, 2.75) is 13.1 Å². The van der Waals surface area contributed by atoms with E-state index in [9.17, 15) is 4.79 Å². The largest absolute Gasteiger partial charge is 0.464 e. The van der Waals surface area contributed by atoms with Crippen LogP contribution in [0.1, 0.15) is 6.92 Å². The number of hydrogen-bond acceptors (Lipinski definition) is 4. The number of likely N-dealkylation sites (N-methyl/N-ethyl adjacent to an activating group) is 2. The molecule has 0 saturated heterocycles. The van der Waals surface area contributed by atoms with Crippen molar-refractivity contribution >= 4 is 5.97 Å². The molecular weight excluding hydrogens is 144 g/mol. The highest BCUT2D eigenvalue weighted by Crippen LogP contribution is 1.91. The third-order valence-electron chi connectivity index (χ3n) is 1.30. The summed E-state index contributed by atoms with van der Waals surface area (Å²) in [4.78, 5) is 12.9. The Morgan fingerprint density at radius 3 is 2.45 bits per heavy atom. The number of carbonyl (C=O) groups is 1. The Kier molecular flexibility index (Phi) is 4.81. The molecule has 1 unspecified atom stereocenters. The molecular formula is C7H16N2O2. The number of esters is 1. The van der Waals surface area contributed by atoms with Gasteiger partial charge in [0.1, 0.15) is 0 Å². The molecule has 0 fully saturated rings. The minimum atomic E-state index is -0.338. The number of hydrogen-bond donors (Lipinski definition) is 1. The Labute approximate surface area is 67.5 Å². The molecule has 0 bridgehead atoms. The zero-order chi connectivity index (χ0) is 8.85. The van der Waals surface area contributed by atoms with Crippen LogP contribution in [-0.4, -0.2) is 44.8 Å². The van der Waals surface area contributed by atoms with Crippen molar-refractivity contribution in [2.75, 3.05) is 27.7 Å². The number of ether oxygens (including phenoxy) is 1. The van der Waals surface area contributed by atoms with E-state index < -0.39 is 0 Å². The Bertz CT molecular complexity index is 126. The maximum atomic E-state index is 11.1. The highest BCUT2D eigenvalue weighted by atomic mass is 16.5. The highest BCUT2D eigenvalue weighted by Gasteiger charge is 2.18. The lowest BCUT2D eigenvalue weighted by Gasteiger charge is -2.20. The smallest absolute Gasteiger partial charge is 0.338 e. The highest BCUT2D eigenvalue weighted by molar-refractivity contribution is 5.75. The van der Waals surface area contributed by atoms with Gasteiger partial charge < -0.3 is 4.74 Å². The first-order chi connectivity index (χ1) is 5.13. The van der Waals surface area contributed by atoms with Crippen LogP contribution in [-0.2, 0) is 9.53 Å². The predicted molar refractivity (Wildman–Crippen MR) is 43.2 cm³/mol. The Morgan fingerprint density at radius 2 is 2.18 bits per heavy atom. The monoisotopic (exact) mass is 160 g/mol. The van der Waals surface area contributed by atoms with E-state index in [1.807, 2.05) is 14.1 Å². The van der Waals surface area contributed by atoms with Crippen molar-refractivity contribution < 1.29 is 9.53 Å². The van der Waals surface area contributed by atoms with E-state index in [-0.39, 0.29) is 12.1 Å². The van der Waals surface area contributed by atoms with Gasteiger partial charge in [0.25, 0.3) is 0 Å². The molecule has 11 heavy (non-hydrogen) atoms. The summed E-state index contributed by atoms with van der Waals surface area (Å²) in [6.07, 6.45) is -0.338. The summed E-state index contributed by atoms with van der Waals surface area (Å²) in [7, 11) is 5.36. The van der Waals surface area contributed by atoms with E-state index >= 15 is 0 Å². The van der Waals surface area contributed by atoms with Crippen LogP contribution in [0.5, 0.6) is 0 Å². The van der Waals surface area contributed by atoms with Crippen LogP contribution in [0.15, 0.2) is 0 Å². The standard InChI is InChI=1S/C7H16N2O2/c1-5-11-7(10)6(8-2)9(3)4/h6,8H,5H2,1-4H3. The minimum absolute atomic E-state index is 0.236. The lowest BCUT2D eigenvalue weighted by Crippen LogP contribution is -2.46. The SMILES string of the molecule is CCOC(=O)C(NC)N(C)C. The van der Waals surface area contributed by atoms with Crippen LogP contribution in [0, 0.1) is 0 Å². The number of rotatable bonds is 4. The van der Waals surface area contributed by atoms with Crippen molar-refractivity contribution in [2.24, 2.45) is 0 Å². The predicted octanol–water partition coefficient (Wildman–Crippen LogP) is -0.343. The molecule has 0 aliphatic carbocycles. The molecule has 0 rings (SSSR count). The number of carbonyl (C=O) groups excluding carboxylic acids is 1. The van der Waals surface area contributed by atoms with Crippen LogP contribution in [0.3, 0.4) is 0 Å². The summed E-state index contributed by atoms with van der Waals surface area (Å²) in [6, 6.07) is 0. The third-order valence-corrected chi connectivity index (χ3v) is 1.30. The fourth-order valence-electron chi connectivity index (χ4n) is 0.808. The van der Waals surface area contributed by atoms with Gasteiger partial charge in [0.15, 0.2) is 6.17 Å². The summed E-state index contributed by atoms with van der Waals surface area (Å²) >= 11 is 0. The Hall–Kier alpha value is -0.610. The van der Waals surface area contributed by atoms with Gasteiger partial charge in [-0.3, -0.25) is 10.2 Å². The first kappa shape index (κ1) is 10.4. The molecule has 0 aromatic rings. The second kappa shape index (κ2) is 5.09. The number of nitrogens with one attached hydrogen (secondary N) is 1. The van der Waals surface area contributed by atoms with E-state index in [0.29, 0.717) is 6.61 Å². The van der Waals surface area contributed by atoms with Gasteiger partial charge in [-0.25, -0.2) is 4.79 Å². The van der Waals surface area contributed by atoms with Crippen molar-refractivity contribution in [3.8, 4) is 0 Å². The molecule has 0 heterocycles. The first-order valence-electron chi connectivity index (χ1n) is 3.63. The van der Waals surface area contributed by atoms with Crippen LogP contribution < -0.4 is 5.32 Å². The topological polar surface area (TPSA) is 41.6 Å². The molecule has 1 atom stereocenters. The Balaban J connectivity index is 3.92. The maximum absolute atomic E-state index is 11.1. The molecule has 0 aliphatic rings. The van der Waals surface area contributed by atoms with Gasteiger partial charge in [0, 0.05) is 0 Å². The molecule has 66 valence electrons. The average molecular weight is 160 g/mol. The molecule has 0 spiro atoms. The zero-order valence-electron chi connectivity index (χ0n) is 7.55. The van der Waals surface area contributed by atoms with Gasteiger partial charge in [-0.1, -0.05) is 0 Å². The van der Waals surface area contributed by atoms with Gasteiger partial charge in [0.05, 0.1) is 6.61 Å². The van der Waals surface area contributed by atoms with Crippen LogP contribution >= 0.6 is 0 Å². The van der Waals surface area contributed by atoms with Crippen molar-refractivity contribution in [1.82, 2.24) is 10.2 Å². The fraction of sp³-hybridized carbons (Fsp3) is 0.857. The van der Waals surface area contributed by atoms with Crippen molar-refractivity contribution in [3.05, 3.63) is 0 Å². The summed E-state index contributed by atoms with van der Waals surface area (Å²) in [5.41, 5.74) is 0. The van der Waals surface area contributed by atoms with Gasteiger partial charge in [-0.15, -0.1) is 0 Å². The van der Waals surface area contributed by atoms with E-state index in [1.165, 1.54) is 0 Å². The lowest BCUT2D eigenvalue weighted by atomic mass is 10.4. The lowest BCUT2D eigenvalue weighted by molar-refractivity contribution is -0.149. The molecule has 0 saturated carbocycles. The van der Waals surface area contributed by atoms with Gasteiger partial charge in [-0.05, 0) is 28.1 Å². The zero-order valence-corrected chi connectivity index (χ0v) is 7.55. The molecule has 1 N–H and O–H groups in total. The van der Waals surface area contributed by atoms with Crippen LogP contribution in [0.25, 0.3) is 0 Å². The third kappa shape index (κ3) is 3.34. The molecule has 0 aromatic carbocycles. The van der Waals surface area contributed by atoms with E-state index in [0.717, 1.165) is 0 Å². The number of nitrogens with zero attached hydrogens (tertiary/aromatic N) is 1. The van der Waals surface area contributed by atoms with E-state index in [2.05, 4.69) is 5.32 Å². The minimum Gasteiger partial charge on any atom is -0.464 e. The molecule has 4 heteroatoms. The van der Waals surface area contributed by atoms with Gasteiger partial charge >= 0.3 is 5.97 Å². The molecule has 4 nitrogen and oxygen atoms in total.